The molecule has 0 amide bonds. The molecule has 0 saturated heterocycles. The molecule has 0 radical (unpaired) electrons. The lowest BCUT2D eigenvalue weighted by Gasteiger charge is -2.11. The van der Waals surface area contributed by atoms with E-state index in [4.69, 9.17) is 6.57 Å². The predicted octanol–water partition coefficient (Wildman–Crippen LogP) is 3.32. The van der Waals surface area contributed by atoms with Crippen molar-refractivity contribution in [2.45, 2.75) is 33.2 Å². The van der Waals surface area contributed by atoms with E-state index in [1.54, 1.807) is 12.3 Å². The van der Waals surface area contributed by atoms with Gasteiger partial charge >= 0.3 is 0 Å². The number of aromatic amines is 1. The number of pyridine rings is 1. The molecule has 0 aromatic carbocycles. The van der Waals surface area contributed by atoms with E-state index in [0.29, 0.717) is 12.5 Å². The van der Waals surface area contributed by atoms with Crippen molar-refractivity contribution < 1.29 is 4.79 Å². The molecule has 2 N–H and O–H groups in total. The summed E-state index contributed by atoms with van der Waals surface area (Å²) in [4.78, 5) is 22.0. The Morgan fingerprint density at radius 2 is 2.33 bits per heavy atom. The SMILES string of the molecule is [C-]#[N+]/C(=C\Cc1c[nH]c2nccc(NC(C)C)c12)C(C)=O. The lowest BCUT2D eigenvalue weighted by atomic mass is 10.1. The van der Waals surface area contributed by atoms with Crippen LogP contribution in [0.2, 0.25) is 0 Å². The van der Waals surface area contributed by atoms with Crippen LogP contribution in [0.25, 0.3) is 15.9 Å². The fourth-order valence-corrected chi connectivity index (χ4v) is 2.19. The first-order valence-corrected chi connectivity index (χ1v) is 6.83. The molecule has 108 valence electrons. The van der Waals surface area contributed by atoms with Crippen molar-refractivity contribution in [2.24, 2.45) is 0 Å². The number of allylic oxidation sites excluding steroid dienone is 2. The second kappa shape index (κ2) is 6.23. The van der Waals surface area contributed by atoms with Crippen molar-refractivity contribution in [1.82, 2.24) is 9.97 Å². The van der Waals surface area contributed by atoms with Crippen LogP contribution < -0.4 is 5.32 Å². The Morgan fingerprint density at radius 1 is 1.57 bits per heavy atom. The van der Waals surface area contributed by atoms with Gasteiger partial charge in [0.05, 0.1) is 6.57 Å². The Hall–Kier alpha value is -2.61. The number of fused-ring (bicyclic) bond motifs is 1. The third-order valence-electron chi connectivity index (χ3n) is 3.10. The van der Waals surface area contributed by atoms with Gasteiger partial charge in [0.2, 0.25) is 5.70 Å². The molecule has 0 aliphatic carbocycles. The topological polar surface area (TPSA) is 62.1 Å². The summed E-state index contributed by atoms with van der Waals surface area (Å²) in [6.45, 7) is 12.6. The predicted molar refractivity (Wildman–Crippen MR) is 83.9 cm³/mol. The molecule has 0 fully saturated rings. The standard InChI is InChI=1S/C16H18N4O/c1-10(2)20-14-7-8-18-16-15(14)12(9-19-16)5-6-13(17-4)11(3)21/h6-10H,5H2,1-3H3,(H2,18,19,20)/b13-6-. The third-order valence-corrected chi connectivity index (χ3v) is 3.10. The van der Waals surface area contributed by atoms with Gasteiger partial charge in [0.25, 0.3) is 0 Å². The van der Waals surface area contributed by atoms with E-state index in [9.17, 15) is 4.79 Å². The number of anilines is 1. The fourth-order valence-electron chi connectivity index (χ4n) is 2.19. The van der Waals surface area contributed by atoms with Crippen LogP contribution in [-0.4, -0.2) is 21.8 Å². The maximum atomic E-state index is 11.3. The summed E-state index contributed by atoms with van der Waals surface area (Å²) in [6, 6.07) is 2.24. The van der Waals surface area contributed by atoms with E-state index < -0.39 is 0 Å². The highest BCUT2D eigenvalue weighted by Crippen LogP contribution is 2.26. The number of Topliss-reactive ketones (excluding diaryl/α,β-unsaturated/α-hetero) is 1. The zero-order chi connectivity index (χ0) is 15.4. The first-order chi connectivity index (χ1) is 10.0. The highest BCUT2D eigenvalue weighted by atomic mass is 16.1. The van der Waals surface area contributed by atoms with Gasteiger partial charge in [-0.15, -0.1) is 0 Å². The van der Waals surface area contributed by atoms with Crippen molar-refractivity contribution in [3.05, 3.63) is 47.2 Å². The number of nitrogens with zero attached hydrogens (tertiary/aromatic N) is 2. The first-order valence-electron chi connectivity index (χ1n) is 6.83. The molecule has 0 aliphatic rings. The molecule has 0 saturated carbocycles. The molecule has 0 bridgehead atoms. The molecule has 0 aliphatic heterocycles. The molecule has 2 aromatic heterocycles. The minimum absolute atomic E-state index is 0.173. The van der Waals surface area contributed by atoms with E-state index >= 15 is 0 Å². The van der Waals surface area contributed by atoms with Crippen LogP contribution in [0.4, 0.5) is 5.69 Å². The Morgan fingerprint density at radius 3 is 2.95 bits per heavy atom. The van der Waals surface area contributed by atoms with Crippen LogP contribution in [0.5, 0.6) is 0 Å². The van der Waals surface area contributed by atoms with Crippen molar-refractivity contribution in [3.8, 4) is 0 Å². The van der Waals surface area contributed by atoms with E-state index in [-0.39, 0.29) is 11.5 Å². The van der Waals surface area contributed by atoms with Gasteiger partial charge in [-0.2, -0.15) is 0 Å². The number of carbonyl (C=O) groups excluding carboxylic acids is 1. The molecule has 0 spiro atoms. The molecule has 2 rings (SSSR count). The second-order valence-electron chi connectivity index (χ2n) is 5.16. The van der Waals surface area contributed by atoms with Crippen molar-refractivity contribution in [3.63, 3.8) is 0 Å². The molecule has 0 atom stereocenters. The average molecular weight is 282 g/mol. The van der Waals surface area contributed by atoms with Crippen LogP contribution in [-0.2, 0) is 11.2 Å². The van der Waals surface area contributed by atoms with Crippen molar-refractivity contribution >= 4 is 22.5 Å². The second-order valence-corrected chi connectivity index (χ2v) is 5.16. The fraction of sp³-hybridized carbons (Fsp3) is 0.312. The highest BCUT2D eigenvalue weighted by molar-refractivity contribution is 5.95. The lowest BCUT2D eigenvalue weighted by molar-refractivity contribution is -0.113. The summed E-state index contributed by atoms with van der Waals surface area (Å²) >= 11 is 0. The summed E-state index contributed by atoms with van der Waals surface area (Å²) in [5.41, 5.74) is 3.00. The number of ketones is 1. The van der Waals surface area contributed by atoms with Crippen LogP contribution in [0.1, 0.15) is 26.3 Å². The van der Waals surface area contributed by atoms with Crippen LogP contribution in [0.3, 0.4) is 0 Å². The van der Waals surface area contributed by atoms with E-state index in [0.717, 1.165) is 22.3 Å². The number of H-pyrrole nitrogens is 1. The Bertz CT molecular complexity index is 734. The van der Waals surface area contributed by atoms with Gasteiger partial charge in [0.15, 0.2) is 5.78 Å². The normalized spacial score (nSPS) is 11.7. The number of hydrogen-bond acceptors (Lipinski definition) is 3. The molecule has 5 heteroatoms. The zero-order valence-corrected chi connectivity index (χ0v) is 12.4. The van der Waals surface area contributed by atoms with Gasteiger partial charge in [0, 0.05) is 29.5 Å². The number of rotatable bonds is 5. The number of nitrogens with one attached hydrogen (secondary N) is 2. The van der Waals surface area contributed by atoms with Gasteiger partial charge in [-0.05, 0) is 38.8 Å². The molecule has 5 nitrogen and oxygen atoms in total. The molecular weight excluding hydrogens is 264 g/mol. The van der Waals surface area contributed by atoms with E-state index in [1.807, 2.05) is 12.3 Å². The minimum Gasteiger partial charge on any atom is -0.382 e. The van der Waals surface area contributed by atoms with Crippen molar-refractivity contribution in [1.29, 1.82) is 0 Å². The average Bonchev–Trinajstić information content (AvgIpc) is 2.83. The number of hydrogen-bond donors (Lipinski definition) is 2. The van der Waals surface area contributed by atoms with Crippen LogP contribution in [0.15, 0.2) is 30.2 Å². The molecule has 2 heterocycles. The summed E-state index contributed by atoms with van der Waals surface area (Å²) < 4.78 is 0. The zero-order valence-electron chi connectivity index (χ0n) is 12.4. The summed E-state index contributed by atoms with van der Waals surface area (Å²) in [5, 5.41) is 4.40. The maximum absolute atomic E-state index is 11.3. The monoisotopic (exact) mass is 282 g/mol. The van der Waals surface area contributed by atoms with Gasteiger partial charge in [-0.1, -0.05) is 6.08 Å². The van der Waals surface area contributed by atoms with Crippen molar-refractivity contribution in [2.75, 3.05) is 5.32 Å². The van der Waals surface area contributed by atoms with E-state index in [1.165, 1.54) is 6.92 Å². The molecule has 21 heavy (non-hydrogen) atoms. The summed E-state index contributed by atoms with van der Waals surface area (Å²) in [7, 11) is 0. The Kier molecular flexibility index (Phi) is 4.39. The van der Waals surface area contributed by atoms with Gasteiger partial charge in [-0.3, -0.25) is 0 Å². The van der Waals surface area contributed by atoms with Gasteiger partial charge in [-0.25, -0.2) is 9.83 Å². The van der Waals surface area contributed by atoms with Gasteiger partial charge in [0.1, 0.15) is 5.65 Å². The maximum Gasteiger partial charge on any atom is 0.225 e. The summed E-state index contributed by atoms with van der Waals surface area (Å²) in [6.07, 6.45) is 5.82. The minimum atomic E-state index is -0.205. The quantitative estimate of drug-likeness (QED) is 0.653. The smallest absolute Gasteiger partial charge is 0.225 e. The highest BCUT2D eigenvalue weighted by Gasteiger charge is 2.10. The molecular formula is C16H18N4O. The number of aromatic nitrogens is 2. The van der Waals surface area contributed by atoms with Gasteiger partial charge < -0.3 is 15.1 Å². The Labute approximate surface area is 123 Å². The van der Waals surface area contributed by atoms with Crippen LogP contribution >= 0.6 is 0 Å². The largest absolute Gasteiger partial charge is 0.382 e. The van der Waals surface area contributed by atoms with Crippen LogP contribution in [0, 0.1) is 6.57 Å². The number of carbonyl (C=O) groups is 1. The molecule has 0 unspecified atom stereocenters. The third kappa shape index (κ3) is 3.29. The summed E-state index contributed by atoms with van der Waals surface area (Å²) in [5.74, 6) is -0.205. The Balaban J connectivity index is 2.41. The molecule has 2 aromatic rings. The van der Waals surface area contributed by atoms with E-state index in [2.05, 4.69) is 34.0 Å². The first kappa shape index (κ1) is 14.8. The lowest BCUT2D eigenvalue weighted by Crippen LogP contribution is -2.10.